The predicted octanol–water partition coefficient (Wildman–Crippen LogP) is 2.55. The molecule has 0 spiro atoms. The van der Waals surface area contributed by atoms with Gasteiger partial charge in [-0.15, -0.1) is 0 Å². The fourth-order valence-corrected chi connectivity index (χ4v) is 4.67. The Hall–Kier alpha value is -2.76. The fourth-order valence-electron chi connectivity index (χ4n) is 3.20. The van der Waals surface area contributed by atoms with Gasteiger partial charge in [0.15, 0.2) is 12.5 Å². The monoisotopic (exact) mass is 525 g/mol. The Morgan fingerprint density at radius 2 is 2.00 bits per heavy atom. The summed E-state index contributed by atoms with van der Waals surface area (Å²) in [5.74, 6) is -0.328. The first-order chi connectivity index (χ1) is 17.1. The highest BCUT2D eigenvalue weighted by atomic mass is 31.2. The number of hydrogen-bond acceptors (Lipinski definition) is 9. The predicted molar refractivity (Wildman–Crippen MR) is 130 cm³/mol. The van der Waals surface area contributed by atoms with Crippen molar-refractivity contribution in [1.82, 2.24) is 14.6 Å². The lowest BCUT2D eigenvalue weighted by Crippen LogP contribution is -2.36. The van der Waals surface area contributed by atoms with Gasteiger partial charge in [-0.3, -0.25) is 23.7 Å². The van der Waals surface area contributed by atoms with Gasteiger partial charge in [0.05, 0.1) is 13.2 Å². The average molecular weight is 525 g/mol. The average Bonchev–Trinajstić information content (AvgIpc) is 3.30. The second kappa shape index (κ2) is 12.5. The Bertz CT molecular complexity index is 1190. The van der Waals surface area contributed by atoms with E-state index in [-0.39, 0.29) is 25.6 Å². The van der Waals surface area contributed by atoms with Crippen LogP contribution in [-0.4, -0.2) is 47.7 Å². The molecule has 13 heteroatoms. The first-order valence-corrected chi connectivity index (χ1v) is 13.2. The van der Waals surface area contributed by atoms with E-state index < -0.39 is 43.5 Å². The molecule has 1 saturated heterocycles. The number of unbranched alkanes of at least 4 members (excludes halogenated alkanes) is 1. The third-order valence-electron chi connectivity index (χ3n) is 5.26. The highest BCUT2D eigenvalue weighted by Gasteiger charge is 2.36. The summed E-state index contributed by atoms with van der Waals surface area (Å²) in [7, 11) is -4.10. The minimum Gasteiger partial charge on any atom is -0.465 e. The standard InChI is InChI=1S/C23H32N3O9P/c1-5-6-11-31-22(28)17(4)25-36(30,35-18-9-7-15(2)8-10-18)33-14-20-32-13-19(34-20)26-12-16(3)21(27)24-23(26)29/h7-10,12,17,19-20H,5-6,11,13-14H2,1-4H3,(H,25,30)(H,24,27,29)/t17?,19-,20-,36?/m1/s1. The van der Waals surface area contributed by atoms with Crippen molar-refractivity contribution in [3.63, 3.8) is 0 Å². The summed E-state index contributed by atoms with van der Waals surface area (Å²) in [4.78, 5) is 38.3. The Labute approximate surface area is 208 Å². The molecule has 2 N–H and O–H groups in total. The lowest BCUT2D eigenvalue weighted by molar-refractivity contribution is -0.145. The van der Waals surface area contributed by atoms with Crippen LogP contribution >= 0.6 is 7.75 Å². The number of aromatic nitrogens is 2. The van der Waals surface area contributed by atoms with Gasteiger partial charge in [0.2, 0.25) is 0 Å². The van der Waals surface area contributed by atoms with Crippen molar-refractivity contribution in [2.45, 2.75) is 59.1 Å². The van der Waals surface area contributed by atoms with Crippen LogP contribution in [0.2, 0.25) is 0 Å². The molecule has 198 valence electrons. The Morgan fingerprint density at radius 1 is 1.28 bits per heavy atom. The highest BCUT2D eigenvalue weighted by molar-refractivity contribution is 7.52. The third-order valence-corrected chi connectivity index (χ3v) is 6.91. The zero-order valence-corrected chi connectivity index (χ0v) is 21.6. The number of carbonyl (C=O) groups excluding carboxylic acids is 1. The second-order valence-corrected chi connectivity index (χ2v) is 10.1. The molecule has 0 bridgehead atoms. The van der Waals surface area contributed by atoms with Gasteiger partial charge in [0, 0.05) is 11.8 Å². The van der Waals surface area contributed by atoms with Crippen molar-refractivity contribution < 1.29 is 32.6 Å². The topological polar surface area (TPSA) is 147 Å². The molecule has 4 atom stereocenters. The maximum absolute atomic E-state index is 13.6. The highest BCUT2D eigenvalue weighted by Crippen LogP contribution is 2.45. The largest absolute Gasteiger partial charge is 0.465 e. The van der Waals surface area contributed by atoms with Gasteiger partial charge in [-0.05, 0) is 39.3 Å². The first kappa shape index (κ1) is 27.8. The molecule has 1 aliphatic rings. The van der Waals surface area contributed by atoms with Crippen molar-refractivity contribution in [2.24, 2.45) is 0 Å². The normalized spacial score (nSPS) is 20.0. The van der Waals surface area contributed by atoms with E-state index in [0.717, 1.165) is 12.0 Å². The number of nitrogens with zero attached hydrogens (tertiary/aromatic N) is 1. The van der Waals surface area contributed by atoms with E-state index in [0.29, 0.717) is 12.0 Å². The van der Waals surface area contributed by atoms with Crippen molar-refractivity contribution in [3.05, 3.63) is 62.4 Å². The van der Waals surface area contributed by atoms with E-state index in [1.54, 1.807) is 31.2 Å². The summed E-state index contributed by atoms with van der Waals surface area (Å²) in [5.41, 5.74) is 0.173. The van der Waals surface area contributed by atoms with Gasteiger partial charge in [0.1, 0.15) is 18.4 Å². The molecule has 2 unspecified atom stereocenters. The van der Waals surface area contributed by atoms with E-state index in [2.05, 4.69) is 10.1 Å². The number of aryl methyl sites for hydroxylation is 2. The molecule has 0 radical (unpaired) electrons. The molecular weight excluding hydrogens is 493 g/mol. The molecule has 0 amide bonds. The third kappa shape index (κ3) is 7.62. The van der Waals surface area contributed by atoms with Crippen molar-refractivity contribution >= 4 is 13.7 Å². The Balaban J connectivity index is 1.68. The summed E-state index contributed by atoms with van der Waals surface area (Å²) < 4.78 is 42.4. The summed E-state index contributed by atoms with van der Waals surface area (Å²) in [5, 5.41) is 2.60. The van der Waals surface area contributed by atoms with Crippen LogP contribution in [0.4, 0.5) is 0 Å². The Kier molecular flexibility index (Phi) is 9.63. The zero-order valence-electron chi connectivity index (χ0n) is 20.7. The lowest BCUT2D eigenvalue weighted by atomic mass is 10.2. The van der Waals surface area contributed by atoms with E-state index in [9.17, 15) is 18.9 Å². The van der Waals surface area contributed by atoms with Crippen LogP contribution in [0, 0.1) is 13.8 Å². The minimum absolute atomic E-state index is 0.00385. The van der Waals surface area contributed by atoms with E-state index in [1.165, 1.54) is 17.7 Å². The fraction of sp³-hybridized carbons (Fsp3) is 0.522. The molecule has 0 saturated carbocycles. The van der Waals surface area contributed by atoms with Gasteiger partial charge in [-0.2, -0.15) is 5.09 Å². The van der Waals surface area contributed by atoms with Crippen LogP contribution in [0.5, 0.6) is 5.75 Å². The molecular formula is C23H32N3O9P. The minimum atomic E-state index is -4.10. The quantitative estimate of drug-likeness (QED) is 0.241. The number of rotatable bonds is 12. The van der Waals surface area contributed by atoms with Crippen LogP contribution in [-0.2, 0) is 28.1 Å². The number of ether oxygens (including phenoxy) is 3. The Morgan fingerprint density at radius 3 is 2.69 bits per heavy atom. The molecule has 2 aromatic rings. The molecule has 2 heterocycles. The first-order valence-electron chi connectivity index (χ1n) is 11.6. The van der Waals surface area contributed by atoms with E-state index in [1.807, 2.05) is 13.8 Å². The second-order valence-electron chi connectivity index (χ2n) is 8.40. The maximum atomic E-state index is 13.6. The summed E-state index contributed by atoms with van der Waals surface area (Å²) in [6.07, 6.45) is 1.14. The molecule has 1 aliphatic heterocycles. The van der Waals surface area contributed by atoms with E-state index >= 15 is 0 Å². The van der Waals surface area contributed by atoms with Crippen LogP contribution in [0.3, 0.4) is 0 Å². The smallest absolute Gasteiger partial charge is 0.459 e. The van der Waals surface area contributed by atoms with Gasteiger partial charge < -0.3 is 18.7 Å². The molecule has 36 heavy (non-hydrogen) atoms. The van der Waals surface area contributed by atoms with Crippen LogP contribution < -0.4 is 20.9 Å². The molecule has 3 rings (SSSR count). The number of aromatic amines is 1. The summed E-state index contributed by atoms with van der Waals surface area (Å²) in [6.45, 7) is 6.83. The molecule has 1 aromatic heterocycles. The van der Waals surface area contributed by atoms with Crippen LogP contribution in [0.1, 0.15) is 44.0 Å². The molecule has 1 aromatic carbocycles. The number of nitrogens with one attached hydrogen (secondary N) is 2. The van der Waals surface area contributed by atoms with Gasteiger partial charge in [-0.1, -0.05) is 31.0 Å². The van der Waals surface area contributed by atoms with Gasteiger partial charge in [0.25, 0.3) is 5.56 Å². The van der Waals surface area contributed by atoms with Crippen molar-refractivity contribution in [2.75, 3.05) is 19.8 Å². The molecule has 1 fully saturated rings. The van der Waals surface area contributed by atoms with Gasteiger partial charge >= 0.3 is 19.4 Å². The number of esters is 1. The number of hydrogen-bond donors (Lipinski definition) is 2. The lowest BCUT2D eigenvalue weighted by Gasteiger charge is -2.24. The van der Waals surface area contributed by atoms with E-state index in [4.69, 9.17) is 23.3 Å². The number of H-pyrrole nitrogens is 1. The van der Waals surface area contributed by atoms with Gasteiger partial charge in [-0.25, -0.2) is 9.36 Å². The van der Waals surface area contributed by atoms with Crippen molar-refractivity contribution in [3.8, 4) is 5.75 Å². The summed E-state index contributed by atoms with van der Waals surface area (Å²) in [6, 6.07) is 5.82. The molecule has 12 nitrogen and oxygen atoms in total. The SMILES string of the molecule is CCCCOC(=O)C(C)NP(=O)(OC[C@@H]1OC[C@H](n2cc(C)c(=O)[nH]c2=O)O1)Oc1ccc(C)cc1. The van der Waals surface area contributed by atoms with Crippen LogP contribution in [0.25, 0.3) is 0 Å². The number of benzene rings is 1. The zero-order chi connectivity index (χ0) is 26.3. The maximum Gasteiger partial charge on any atom is 0.459 e. The van der Waals surface area contributed by atoms with Crippen molar-refractivity contribution in [1.29, 1.82) is 0 Å². The summed E-state index contributed by atoms with van der Waals surface area (Å²) >= 11 is 0. The molecule has 0 aliphatic carbocycles. The van der Waals surface area contributed by atoms with Crippen LogP contribution in [0.15, 0.2) is 40.1 Å². The number of carbonyl (C=O) groups is 1.